The van der Waals surface area contributed by atoms with Gasteiger partial charge in [-0.1, -0.05) is 25.0 Å². The van der Waals surface area contributed by atoms with Crippen molar-refractivity contribution in [3.05, 3.63) is 113 Å². The lowest BCUT2D eigenvalue weighted by atomic mass is 9.78. The summed E-state index contributed by atoms with van der Waals surface area (Å²) >= 11 is 0. The van der Waals surface area contributed by atoms with Crippen LogP contribution in [0.5, 0.6) is 5.75 Å². The van der Waals surface area contributed by atoms with E-state index in [0.717, 1.165) is 49.2 Å². The summed E-state index contributed by atoms with van der Waals surface area (Å²) in [6.45, 7) is 1.18. The standard InChI is InChI=1S/C35H29F6N3O3/c1-19-12-29(38)31(42-16-19)18-47-23-10-11-30-32(15-23)44(33(43-30)24-4-2-3-5-25(24)34(45)46)17-26-27(36)13-21(14-28(26)37)20-6-8-22(9-7-20)35(39,40)41/h6-16,24-25H,2-5,17-18H2,1H3,(H,45,46)/t24-,25+/m1/s1. The Bertz CT molecular complexity index is 1930. The number of benzene rings is 3. The van der Waals surface area contributed by atoms with Crippen molar-refractivity contribution in [2.75, 3.05) is 0 Å². The van der Waals surface area contributed by atoms with E-state index in [0.29, 0.717) is 41.0 Å². The van der Waals surface area contributed by atoms with Crippen molar-refractivity contribution in [3.8, 4) is 16.9 Å². The zero-order chi connectivity index (χ0) is 33.5. The molecule has 6 nitrogen and oxygen atoms in total. The lowest BCUT2D eigenvalue weighted by molar-refractivity contribution is -0.143. The van der Waals surface area contributed by atoms with Crippen molar-refractivity contribution in [1.82, 2.24) is 14.5 Å². The van der Waals surface area contributed by atoms with Crippen LogP contribution in [0.25, 0.3) is 22.2 Å². The molecular weight excluding hydrogens is 624 g/mol. The minimum Gasteiger partial charge on any atom is -0.487 e. The maximum atomic E-state index is 15.7. The zero-order valence-corrected chi connectivity index (χ0v) is 25.1. The number of aromatic nitrogens is 3. The summed E-state index contributed by atoms with van der Waals surface area (Å²) in [7, 11) is 0. The van der Waals surface area contributed by atoms with Crippen LogP contribution < -0.4 is 4.74 Å². The van der Waals surface area contributed by atoms with Gasteiger partial charge in [-0.25, -0.2) is 18.2 Å². The third-order valence-electron chi connectivity index (χ3n) is 8.60. The highest BCUT2D eigenvalue weighted by Gasteiger charge is 2.36. The molecule has 1 saturated carbocycles. The van der Waals surface area contributed by atoms with Gasteiger partial charge in [0.2, 0.25) is 0 Å². The zero-order valence-electron chi connectivity index (χ0n) is 25.1. The molecule has 0 unspecified atom stereocenters. The van der Waals surface area contributed by atoms with Crippen LogP contribution in [-0.2, 0) is 24.1 Å². The number of nitrogens with zero attached hydrogens (tertiary/aromatic N) is 3. The number of aryl methyl sites for hydroxylation is 1. The number of fused-ring (bicyclic) bond motifs is 1. The first-order valence-electron chi connectivity index (χ1n) is 15.0. The van der Waals surface area contributed by atoms with Gasteiger partial charge >= 0.3 is 12.1 Å². The molecule has 47 heavy (non-hydrogen) atoms. The summed E-state index contributed by atoms with van der Waals surface area (Å²) in [6.07, 6.45) is -0.616. The molecule has 1 fully saturated rings. The van der Waals surface area contributed by atoms with Crippen LogP contribution in [0.2, 0.25) is 0 Å². The van der Waals surface area contributed by atoms with E-state index in [1.165, 1.54) is 12.3 Å². The summed E-state index contributed by atoms with van der Waals surface area (Å²) < 4.78 is 92.2. The molecule has 1 aliphatic rings. The summed E-state index contributed by atoms with van der Waals surface area (Å²) in [5.74, 6) is -3.97. The van der Waals surface area contributed by atoms with Crippen molar-refractivity contribution >= 4 is 17.0 Å². The van der Waals surface area contributed by atoms with Gasteiger partial charge < -0.3 is 14.4 Å². The van der Waals surface area contributed by atoms with Crippen LogP contribution in [0.1, 0.15) is 59.8 Å². The fraction of sp³-hybridized carbons (Fsp3) is 0.286. The van der Waals surface area contributed by atoms with Crippen LogP contribution in [0.3, 0.4) is 0 Å². The van der Waals surface area contributed by atoms with Gasteiger partial charge in [0.15, 0.2) is 0 Å². The topological polar surface area (TPSA) is 77.2 Å². The van der Waals surface area contributed by atoms with Crippen molar-refractivity contribution < 1.29 is 41.0 Å². The second-order valence-corrected chi connectivity index (χ2v) is 11.8. The van der Waals surface area contributed by atoms with E-state index in [-0.39, 0.29) is 35.5 Å². The van der Waals surface area contributed by atoms with Crippen molar-refractivity contribution in [2.45, 2.75) is 57.9 Å². The molecule has 2 aromatic heterocycles. The van der Waals surface area contributed by atoms with Crippen LogP contribution in [-0.4, -0.2) is 25.6 Å². The number of rotatable bonds is 8. The first-order chi connectivity index (χ1) is 22.4. The number of hydrogen-bond donors (Lipinski definition) is 1. The van der Waals surface area contributed by atoms with Gasteiger partial charge in [0.05, 0.1) is 29.1 Å². The second-order valence-electron chi connectivity index (χ2n) is 11.8. The predicted octanol–water partition coefficient (Wildman–Crippen LogP) is 8.83. The highest BCUT2D eigenvalue weighted by Crippen LogP contribution is 2.40. The van der Waals surface area contributed by atoms with Gasteiger partial charge in [0.1, 0.15) is 41.3 Å². The second kappa shape index (κ2) is 12.7. The molecule has 1 aliphatic carbocycles. The lowest BCUT2D eigenvalue weighted by Crippen LogP contribution is -2.28. The summed E-state index contributed by atoms with van der Waals surface area (Å²) in [6, 6.07) is 12.3. The van der Waals surface area contributed by atoms with Crippen LogP contribution >= 0.6 is 0 Å². The number of halogens is 6. The number of imidazole rings is 1. The number of carboxylic acids is 1. The quantitative estimate of drug-likeness (QED) is 0.169. The van der Waals surface area contributed by atoms with Gasteiger partial charge in [0.25, 0.3) is 0 Å². The highest BCUT2D eigenvalue weighted by atomic mass is 19.4. The fourth-order valence-electron chi connectivity index (χ4n) is 6.15. The van der Waals surface area contributed by atoms with E-state index in [2.05, 4.69) is 4.98 Å². The molecule has 0 aliphatic heterocycles. The minimum absolute atomic E-state index is 0.0547. The van der Waals surface area contributed by atoms with E-state index in [4.69, 9.17) is 9.72 Å². The Morgan fingerprint density at radius 2 is 1.64 bits per heavy atom. The van der Waals surface area contributed by atoms with E-state index in [1.54, 1.807) is 29.7 Å². The Kier molecular flexibility index (Phi) is 8.69. The lowest BCUT2D eigenvalue weighted by Gasteiger charge is -2.28. The largest absolute Gasteiger partial charge is 0.487 e. The monoisotopic (exact) mass is 653 g/mol. The van der Waals surface area contributed by atoms with Crippen LogP contribution in [0.4, 0.5) is 26.3 Å². The molecule has 6 rings (SSSR count). The third-order valence-corrected chi connectivity index (χ3v) is 8.60. The molecule has 1 N–H and O–H groups in total. The molecule has 244 valence electrons. The Labute approximate surface area is 265 Å². The Hall–Kier alpha value is -4.87. The van der Waals surface area contributed by atoms with Crippen LogP contribution in [0, 0.1) is 30.3 Å². The van der Waals surface area contributed by atoms with Crippen molar-refractivity contribution in [1.29, 1.82) is 0 Å². The number of ether oxygens (including phenoxy) is 1. The Balaban J connectivity index is 1.39. The molecule has 2 heterocycles. The normalized spacial score (nSPS) is 16.8. The molecule has 12 heteroatoms. The molecule has 0 spiro atoms. The predicted molar refractivity (Wildman–Crippen MR) is 161 cm³/mol. The maximum Gasteiger partial charge on any atom is 0.416 e. The van der Waals surface area contributed by atoms with Crippen molar-refractivity contribution in [2.24, 2.45) is 5.92 Å². The third kappa shape index (κ3) is 6.68. The van der Waals surface area contributed by atoms with E-state index in [9.17, 15) is 27.5 Å². The summed E-state index contributed by atoms with van der Waals surface area (Å²) in [5.41, 5.74) is 0.652. The van der Waals surface area contributed by atoms with Crippen LogP contribution in [0.15, 0.2) is 66.9 Å². The van der Waals surface area contributed by atoms with E-state index in [1.807, 2.05) is 0 Å². The number of aliphatic carboxylic acids is 1. The highest BCUT2D eigenvalue weighted by molar-refractivity contribution is 5.79. The maximum absolute atomic E-state index is 15.7. The van der Waals surface area contributed by atoms with Gasteiger partial charge in [0, 0.05) is 23.7 Å². The number of alkyl halides is 3. The molecule has 0 amide bonds. The molecule has 0 saturated heterocycles. The molecule has 5 aromatic rings. The number of carboxylic acid groups (broad SMARTS) is 1. The number of pyridine rings is 1. The number of hydrogen-bond acceptors (Lipinski definition) is 4. The average Bonchev–Trinajstić information content (AvgIpc) is 3.39. The first-order valence-corrected chi connectivity index (χ1v) is 15.0. The van der Waals surface area contributed by atoms with Crippen molar-refractivity contribution in [3.63, 3.8) is 0 Å². The van der Waals surface area contributed by atoms with Gasteiger partial charge in [-0.05, 0) is 78.9 Å². The summed E-state index contributed by atoms with van der Waals surface area (Å²) in [5, 5.41) is 10.0. The Morgan fingerprint density at radius 3 is 2.30 bits per heavy atom. The van der Waals surface area contributed by atoms with Gasteiger partial charge in [-0.3, -0.25) is 9.78 Å². The number of carbonyl (C=O) groups is 1. The molecular formula is C35H29F6N3O3. The first kappa shape index (κ1) is 32.1. The van der Waals surface area contributed by atoms with Gasteiger partial charge in [-0.2, -0.15) is 13.2 Å². The Morgan fingerprint density at radius 1 is 0.936 bits per heavy atom. The molecule has 0 radical (unpaired) electrons. The fourth-order valence-corrected chi connectivity index (χ4v) is 6.15. The smallest absolute Gasteiger partial charge is 0.416 e. The van der Waals surface area contributed by atoms with E-state index < -0.39 is 47.0 Å². The summed E-state index contributed by atoms with van der Waals surface area (Å²) in [4.78, 5) is 21.0. The van der Waals surface area contributed by atoms with Gasteiger partial charge in [-0.15, -0.1) is 0 Å². The molecule has 0 bridgehead atoms. The molecule has 3 aromatic carbocycles. The minimum atomic E-state index is -4.55. The molecule has 2 atom stereocenters. The van der Waals surface area contributed by atoms with E-state index >= 15 is 8.78 Å². The average molecular weight is 654 g/mol. The SMILES string of the molecule is Cc1cnc(COc2ccc3nc([C@@H]4CCCC[C@@H]4C(=O)O)n(Cc4c(F)cc(-c5ccc(C(F)(F)F)cc5)cc4F)c3c2)c(F)c1.